The van der Waals surface area contributed by atoms with E-state index in [1.165, 1.54) is 6.42 Å². The summed E-state index contributed by atoms with van der Waals surface area (Å²) in [7, 11) is 0. The van der Waals surface area contributed by atoms with Crippen molar-refractivity contribution in [3.05, 3.63) is 0 Å². The Morgan fingerprint density at radius 1 is 1.33 bits per heavy atom. The minimum absolute atomic E-state index is 0.0521. The van der Waals surface area contributed by atoms with Gasteiger partial charge in [-0.3, -0.25) is 10.1 Å². The molecule has 1 N–H and O–H groups in total. The van der Waals surface area contributed by atoms with Crippen LogP contribution in [0.5, 0.6) is 0 Å². The summed E-state index contributed by atoms with van der Waals surface area (Å²) in [6.07, 6.45) is 4.05. The van der Waals surface area contributed by atoms with E-state index in [0.29, 0.717) is 24.5 Å². The van der Waals surface area contributed by atoms with Crippen LogP contribution >= 0.6 is 0 Å². The summed E-state index contributed by atoms with van der Waals surface area (Å²) in [5.41, 5.74) is -0.456. The van der Waals surface area contributed by atoms with E-state index in [2.05, 4.69) is 33.0 Å². The fraction of sp³-hybridized carbons (Fsp3) is 0.933. The van der Waals surface area contributed by atoms with Gasteiger partial charge in [0.1, 0.15) is 5.54 Å². The highest BCUT2D eigenvalue weighted by atomic mass is 16.5. The predicted molar refractivity (Wildman–Crippen MR) is 74.4 cm³/mol. The van der Waals surface area contributed by atoms with Gasteiger partial charge in [-0.05, 0) is 51.4 Å². The third-order valence-corrected chi connectivity index (χ3v) is 4.00. The second kappa shape index (κ2) is 6.55. The van der Waals surface area contributed by atoms with Gasteiger partial charge < -0.3 is 4.74 Å². The molecule has 0 amide bonds. The third kappa shape index (κ3) is 3.71. The molecule has 3 atom stereocenters. The lowest BCUT2D eigenvalue weighted by Crippen LogP contribution is -2.59. The highest BCUT2D eigenvalue weighted by molar-refractivity contribution is 5.81. The molecule has 3 nitrogen and oxygen atoms in total. The lowest BCUT2D eigenvalue weighted by molar-refractivity contribution is -0.155. The van der Waals surface area contributed by atoms with Crippen LogP contribution in [0.25, 0.3) is 0 Å². The van der Waals surface area contributed by atoms with E-state index in [9.17, 15) is 4.79 Å². The van der Waals surface area contributed by atoms with Crippen molar-refractivity contribution in [1.82, 2.24) is 5.32 Å². The van der Waals surface area contributed by atoms with Crippen LogP contribution < -0.4 is 5.32 Å². The molecule has 0 bridgehead atoms. The minimum Gasteiger partial charge on any atom is -0.465 e. The number of esters is 1. The Labute approximate surface area is 112 Å². The normalized spacial score (nSPS) is 34.1. The maximum atomic E-state index is 12.4. The summed E-state index contributed by atoms with van der Waals surface area (Å²) < 4.78 is 5.33. The van der Waals surface area contributed by atoms with Gasteiger partial charge in [0.25, 0.3) is 0 Å². The van der Waals surface area contributed by atoms with E-state index in [1.54, 1.807) is 0 Å². The predicted octanol–water partition coefficient (Wildman–Crippen LogP) is 3.13. The zero-order chi connectivity index (χ0) is 13.8. The van der Waals surface area contributed by atoms with Gasteiger partial charge in [-0.2, -0.15) is 0 Å². The van der Waals surface area contributed by atoms with Gasteiger partial charge in [-0.15, -0.1) is 0 Å². The summed E-state index contributed by atoms with van der Waals surface area (Å²) >= 11 is 0. The minimum atomic E-state index is -0.456. The van der Waals surface area contributed by atoms with Gasteiger partial charge in [0.05, 0.1) is 6.61 Å². The average molecular weight is 255 g/mol. The Hall–Kier alpha value is -0.570. The van der Waals surface area contributed by atoms with Gasteiger partial charge in [0.15, 0.2) is 0 Å². The number of rotatable bonds is 5. The lowest BCUT2D eigenvalue weighted by atomic mass is 9.71. The summed E-state index contributed by atoms with van der Waals surface area (Å²) in [6.45, 7) is 11.1. The lowest BCUT2D eigenvalue weighted by Gasteiger charge is -2.43. The Balaban J connectivity index is 2.88. The van der Waals surface area contributed by atoms with Gasteiger partial charge in [-0.1, -0.05) is 20.8 Å². The van der Waals surface area contributed by atoms with Crippen LogP contribution in [0, 0.1) is 11.8 Å². The molecule has 1 rings (SSSR count). The number of ether oxygens (including phenoxy) is 1. The number of carbonyl (C=O) groups is 1. The second-order valence-corrected chi connectivity index (χ2v) is 6.11. The van der Waals surface area contributed by atoms with Crippen molar-refractivity contribution in [3.8, 4) is 0 Å². The third-order valence-electron chi connectivity index (χ3n) is 4.00. The Morgan fingerprint density at radius 3 is 2.33 bits per heavy atom. The molecule has 1 aliphatic carbocycles. The SMILES string of the molecule is CCOC(=O)C1(NC(C)CC)CC(C)CC(C)C1. The van der Waals surface area contributed by atoms with Gasteiger partial charge in [0, 0.05) is 6.04 Å². The van der Waals surface area contributed by atoms with Crippen LogP contribution in [0.3, 0.4) is 0 Å². The van der Waals surface area contributed by atoms with Gasteiger partial charge >= 0.3 is 5.97 Å². The molecule has 0 spiro atoms. The van der Waals surface area contributed by atoms with Crippen molar-refractivity contribution in [3.63, 3.8) is 0 Å². The summed E-state index contributed by atoms with van der Waals surface area (Å²) in [6, 6.07) is 0.354. The molecule has 0 radical (unpaired) electrons. The monoisotopic (exact) mass is 255 g/mol. The molecule has 3 unspecified atom stereocenters. The van der Waals surface area contributed by atoms with Crippen molar-refractivity contribution < 1.29 is 9.53 Å². The highest BCUT2D eigenvalue weighted by Crippen LogP contribution is 2.37. The maximum Gasteiger partial charge on any atom is 0.326 e. The molecule has 1 saturated carbocycles. The molecule has 18 heavy (non-hydrogen) atoms. The fourth-order valence-corrected chi connectivity index (χ4v) is 3.31. The first-order valence-electron chi connectivity index (χ1n) is 7.38. The molecular formula is C15H29NO2. The number of hydrogen-bond donors (Lipinski definition) is 1. The van der Waals surface area contributed by atoms with Crippen molar-refractivity contribution in [1.29, 1.82) is 0 Å². The van der Waals surface area contributed by atoms with Crippen molar-refractivity contribution >= 4 is 5.97 Å². The molecule has 106 valence electrons. The first-order chi connectivity index (χ1) is 8.43. The summed E-state index contributed by atoms with van der Waals surface area (Å²) in [5, 5.41) is 3.55. The highest BCUT2D eigenvalue weighted by Gasteiger charge is 2.45. The van der Waals surface area contributed by atoms with Crippen LogP contribution in [-0.4, -0.2) is 24.2 Å². The van der Waals surface area contributed by atoms with Crippen LogP contribution in [-0.2, 0) is 9.53 Å². The smallest absolute Gasteiger partial charge is 0.326 e. The van der Waals surface area contributed by atoms with E-state index >= 15 is 0 Å². The molecule has 0 aliphatic heterocycles. The van der Waals surface area contributed by atoms with Crippen LogP contribution in [0.4, 0.5) is 0 Å². The zero-order valence-corrected chi connectivity index (χ0v) is 12.6. The Kier molecular flexibility index (Phi) is 5.64. The second-order valence-electron chi connectivity index (χ2n) is 6.11. The molecule has 0 aromatic rings. The first-order valence-corrected chi connectivity index (χ1v) is 7.38. The Bertz CT molecular complexity index is 268. The van der Waals surface area contributed by atoms with E-state index in [-0.39, 0.29) is 5.97 Å². The van der Waals surface area contributed by atoms with Gasteiger partial charge in [-0.25, -0.2) is 0 Å². The largest absolute Gasteiger partial charge is 0.465 e. The average Bonchev–Trinajstić information content (AvgIpc) is 2.27. The first kappa shape index (κ1) is 15.5. The van der Waals surface area contributed by atoms with Crippen LogP contribution in [0.2, 0.25) is 0 Å². The molecule has 0 aromatic heterocycles. The summed E-state index contributed by atoms with van der Waals surface area (Å²) in [4.78, 5) is 12.4. The van der Waals surface area contributed by atoms with Crippen molar-refractivity contribution in [2.75, 3.05) is 6.61 Å². The topological polar surface area (TPSA) is 38.3 Å². The molecule has 0 heterocycles. The van der Waals surface area contributed by atoms with Crippen molar-refractivity contribution in [2.24, 2.45) is 11.8 Å². The molecule has 1 aliphatic rings. The fourth-order valence-electron chi connectivity index (χ4n) is 3.31. The zero-order valence-electron chi connectivity index (χ0n) is 12.6. The van der Waals surface area contributed by atoms with Crippen LogP contribution in [0.15, 0.2) is 0 Å². The quantitative estimate of drug-likeness (QED) is 0.767. The number of hydrogen-bond acceptors (Lipinski definition) is 3. The van der Waals surface area contributed by atoms with Crippen LogP contribution in [0.1, 0.15) is 60.3 Å². The molecule has 1 fully saturated rings. The van der Waals surface area contributed by atoms with E-state index in [4.69, 9.17) is 4.74 Å². The molecule has 0 aromatic carbocycles. The maximum absolute atomic E-state index is 12.4. The Morgan fingerprint density at radius 2 is 1.89 bits per heavy atom. The van der Waals surface area contributed by atoms with Gasteiger partial charge in [0.2, 0.25) is 0 Å². The standard InChI is InChI=1S/C15H29NO2/c1-6-13(5)16-15(14(17)18-7-2)9-11(3)8-12(4)10-15/h11-13,16H,6-10H2,1-5H3. The van der Waals surface area contributed by atoms with E-state index in [1.807, 2.05) is 6.92 Å². The van der Waals surface area contributed by atoms with Crippen molar-refractivity contribution in [2.45, 2.75) is 71.9 Å². The molecular weight excluding hydrogens is 226 g/mol. The number of nitrogens with one attached hydrogen (secondary N) is 1. The summed E-state index contributed by atoms with van der Waals surface area (Å²) in [5.74, 6) is 1.10. The number of carbonyl (C=O) groups excluding carboxylic acids is 1. The molecule has 0 saturated heterocycles. The van der Waals surface area contributed by atoms with E-state index < -0.39 is 5.54 Å². The van der Waals surface area contributed by atoms with E-state index in [0.717, 1.165) is 19.3 Å². The molecule has 3 heteroatoms.